The Morgan fingerprint density at radius 1 is 1.36 bits per heavy atom. The number of nitrogens with zero attached hydrogens (tertiary/aromatic N) is 1. The molecule has 124 valence electrons. The summed E-state index contributed by atoms with van der Waals surface area (Å²) in [5, 5.41) is 4.45. The number of hydrogen-bond acceptors (Lipinski definition) is 3. The van der Waals surface area contributed by atoms with Crippen LogP contribution >= 0.6 is 35.6 Å². The monoisotopic (exact) mass is 366 g/mol. The van der Waals surface area contributed by atoms with Crippen LogP contribution in [0.4, 0.5) is 0 Å². The Morgan fingerprint density at radius 3 is 2.77 bits per heavy atom. The van der Waals surface area contributed by atoms with Crippen molar-refractivity contribution in [1.82, 2.24) is 10.2 Å². The third-order valence-electron chi connectivity index (χ3n) is 3.56. The number of likely N-dealkylation sites (tertiary alicyclic amines) is 1. The summed E-state index contributed by atoms with van der Waals surface area (Å²) in [5.41, 5.74) is 0.937. The largest absolute Gasteiger partial charge is 0.495 e. The summed E-state index contributed by atoms with van der Waals surface area (Å²) in [7, 11) is 1.59. The minimum Gasteiger partial charge on any atom is -0.495 e. The minimum absolute atomic E-state index is 0. The Labute approximate surface area is 147 Å². The molecule has 2 rings (SSSR count). The molecule has 4 nitrogen and oxygen atoms in total. The highest BCUT2D eigenvalue weighted by Crippen LogP contribution is 2.32. The van der Waals surface area contributed by atoms with Crippen molar-refractivity contribution < 1.29 is 9.53 Å². The summed E-state index contributed by atoms with van der Waals surface area (Å²) in [6.07, 6.45) is 2.62. The summed E-state index contributed by atoms with van der Waals surface area (Å²) in [4.78, 5) is 13.4. The maximum absolute atomic E-state index is 11.5. The van der Waals surface area contributed by atoms with Crippen molar-refractivity contribution >= 4 is 41.5 Å². The maximum atomic E-state index is 11.5. The van der Waals surface area contributed by atoms with E-state index in [0.717, 1.165) is 38.0 Å². The Balaban J connectivity index is 0.00000242. The van der Waals surface area contributed by atoms with Crippen molar-refractivity contribution in [3.63, 3.8) is 0 Å². The van der Waals surface area contributed by atoms with E-state index in [1.807, 2.05) is 11.0 Å². The number of methoxy groups -OCH3 is 1. The lowest BCUT2D eigenvalue weighted by Gasteiger charge is -2.16. The lowest BCUT2D eigenvalue weighted by atomic mass is 10.2. The first-order valence-electron chi connectivity index (χ1n) is 7.12. The first-order chi connectivity index (χ1) is 10.1. The molecule has 1 N–H and O–H groups in total. The van der Waals surface area contributed by atoms with Gasteiger partial charge >= 0.3 is 0 Å². The number of hydrogen-bond donors (Lipinski definition) is 1. The van der Waals surface area contributed by atoms with Gasteiger partial charge < -0.3 is 15.0 Å². The number of amides is 1. The van der Waals surface area contributed by atoms with Crippen LogP contribution in [-0.2, 0) is 11.3 Å². The molecule has 1 aliphatic rings. The van der Waals surface area contributed by atoms with Crippen LogP contribution in [0.1, 0.15) is 24.8 Å². The van der Waals surface area contributed by atoms with Crippen LogP contribution in [0.15, 0.2) is 12.1 Å². The molecule has 0 saturated carbocycles. The van der Waals surface area contributed by atoms with E-state index in [1.54, 1.807) is 13.2 Å². The number of benzene rings is 1. The van der Waals surface area contributed by atoms with Gasteiger partial charge in [0, 0.05) is 36.6 Å². The summed E-state index contributed by atoms with van der Waals surface area (Å²) in [5.74, 6) is 0.932. The van der Waals surface area contributed by atoms with Crippen LogP contribution in [0, 0.1) is 0 Å². The lowest BCUT2D eigenvalue weighted by Crippen LogP contribution is -2.28. The molecule has 1 aliphatic heterocycles. The van der Waals surface area contributed by atoms with Gasteiger partial charge in [0.15, 0.2) is 0 Å². The second kappa shape index (κ2) is 9.46. The fourth-order valence-corrected chi connectivity index (χ4v) is 3.14. The van der Waals surface area contributed by atoms with Crippen molar-refractivity contribution in [2.24, 2.45) is 0 Å². The summed E-state index contributed by atoms with van der Waals surface area (Å²) < 4.78 is 5.30. The van der Waals surface area contributed by atoms with E-state index in [-0.39, 0.29) is 18.3 Å². The predicted octanol–water partition coefficient (Wildman–Crippen LogP) is 3.53. The number of nitrogens with one attached hydrogen (secondary N) is 1. The molecule has 1 amide bonds. The highest BCUT2D eigenvalue weighted by molar-refractivity contribution is 6.35. The molecule has 1 saturated heterocycles. The van der Waals surface area contributed by atoms with Gasteiger partial charge in [0.1, 0.15) is 5.75 Å². The van der Waals surface area contributed by atoms with Gasteiger partial charge in [-0.1, -0.05) is 23.2 Å². The maximum Gasteiger partial charge on any atom is 0.222 e. The molecule has 7 heteroatoms. The van der Waals surface area contributed by atoms with Crippen molar-refractivity contribution in [3.8, 4) is 5.75 Å². The molecular weight excluding hydrogens is 347 g/mol. The van der Waals surface area contributed by atoms with Crippen LogP contribution in [0.25, 0.3) is 0 Å². The highest BCUT2D eigenvalue weighted by Gasteiger charge is 2.18. The fraction of sp³-hybridized carbons (Fsp3) is 0.533. The van der Waals surface area contributed by atoms with Gasteiger partial charge in [-0.3, -0.25) is 4.79 Å². The highest BCUT2D eigenvalue weighted by atomic mass is 35.5. The van der Waals surface area contributed by atoms with E-state index in [0.29, 0.717) is 28.8 Å². The molecule has 0 aliphatic carbocycles. The van der Waals surface area contributed by atoms with Gasteiger partial charge in [0.25, 0.3) is 0 Å². The van der Waals surface area contributed by atoms with E-state index >= 15 is 0 Å². The van der Waals surface area contributed by atoms with Gasteiger partial charge in [-0.2, -0.15) is 0 Å². The first-order valence-corrected chi connectivity index (χ1v) is 7.88. The topological polar surface area (TPSA) is 41.6 Å². The zero-order valence-corrected chi connectivity index (χ0v) is 14.9. The molecule has 1 aromatic carbocycles. The summed E-state index contributed by atoms with van der Waals surface area (Å²) in [6.45, 7) is 3.18. The lowest BCUT2D eigenvalue weighted by molar-refractivity contribution is -0.127. The summed E-state index contributed by atoms with van der Waals surface area (Å²) >= 11 is 12.1. The average Bonchev–Trinajstić information content (AvgIpc) is 2.83. The molecule has 0 atom stereocenters. The molecule has 22 heavy (non-hydrogen) atoms. The molecule has 1 aromatic rings. The zero-order valence-electron chi connectivity index (χ0n) is 12.5. The van der Waals surface area contributed by atoms with Crippen LogP contribution < -0.4 is 10.1 Å². The van der Waals surface area contributed by atoms with Crippen molar-refractivity contribution in [2.75, 3.05) is 26.7 Å². The van der Waals surface area contributed by atoms with Crippen LogP contribution in [-0.4, -0.2) is 37.6 Å². The van der Waals surface area contributed by atoms with Gasteiger partial charge in [-0.25, -0.2) is 0 Å². The predicted molar refractivity (Wildman–Crippen MR) is 92.4 cm³/mol. The van der Waals surface area contributed by atoms with Crippen LogP contribution in [0.3, 0.4) is 0 Å². The molecule has 0 spiro atoms. The van der Waals surface area contributed by atoms with Crippen molar-refractivity contribution in [3.05, 3.63) is 27.7 Å². The van der Waals surface area contributed by atoms with E-state index in [9.17, 15) is 4.79 Å². The smallest absolute Gasteiger partial charge is 0.222 e. The second-order valence-electron chi connectivity index (χ2n) is 5.09. The number of carbonyl (C=O) groups is 1. The molecule has 0 aromatic heterocycles. The minimum atomic E-state index is 0. The number of rotatable bonds is 7. The Hall–Kier alpha value is -0.680. The molecule has 1 fully saturated rings. The second-order valence-corrected chi connectivity index (χ2v) is 5.94. The molecule has 0 bridgehead atoms. The molecule has 0 unspecified atom stereocenters. The molecular formula is C15H21Cl3N2O2. The van der Waals surface area contributed by atoms with Crippen LogP contribution in [0.2, 0.25) is 10.0 Å². The molecule has 0 radical (unpaired) electrons. The van der Waals surface area contributed by atoms with Crippen molar-refractivity contribution in [2.45, 2.75) is 25.8 Å². The SMILES string of the molecule is COc1c(Cl)cc(Cl)cc1CNCCCN1CCCC1=O.Cl. The third kappa shape index (κ3) is 5.20. The zero-order chi connectivity index (χ0) is 15.2. The number of ether oxygens (including phenoxy) is 1. The van der Waals surface area contributed by atoms with E-state index < -0.39 is 0 Å². The quantitative estimate of drug-likeness (QED) is 0.750. The third-order valence-corrected chi connectivity index (χ3v) is 4.06. The van der Waals surface area contributed by atoms with Crippen molar-refractivity contribution in [1.29, 1.82) is 0 Å². The Bertz CT molecular complexity index is 512. The normalized spacial score (nSPS) is 14.1. The standard InChI is InChI=1S/C15H20Cl2N2O2.ClH/c1-21-15-11(8-12(16)9-13(15)17)10-18-5-3-7-19-6-2-4-14(19)20;/h8-9,18H,2-7,10H2,1H3;1H. The molecule has 1 heterocycles. The number of carbonyl (C=O) groups excluding carboxylic acids is 1. The van der Waals surface area contributed by atoms with E-state index in [2.05, 4.69) is 5.32 Å². The number of halogens is 3. The first kappa shape index (κ1) is 19.4. The average molecular weight is 368 g/mol. The summed E-state index contributed by atoms with van der Waals surface area (Å²) in [6, 6.07) is 3.52. The Morgan fingerprint density at radius 2 is 2.14 bits per heavy atom. The fourth-order valence-electron chi connectivity index (χ4n) is 2.53. The van der Waals surface area contributed by atoms with Gasteiger partial charge in [0.05, 0.1) is 12.1 Å². The van der Waals surface area contributed by atoms with E-state index in [4.69, 9.17) is 27.9 Å². The van der Waals surface area contributed by atoms with Gasteiger partial charge in [-0.15, -0.1) is 12.4 Å². The van der Waals surface area contributed by atoms with Gasteiger partial charge in [-0.05, 0) is 31.5 Å². The van der Waals surface area contributed by atoms with E-state index in [1.165, 1.54) is 0 Å². The van der Waals surface area contributed by atoms with Gasteiger partial charge in [0.2, 0.25) is 5.91 Å². The Kier molecular flexibility index (Phi) is 8.33. The van der Waals surface area contributed by atoms with Crippen LogP contribution in [0.5, 0.6) is 5.75 Å².